The van der Waals surface area contributed by atoms with Gasteiger partial charge < -0.3 is 4.98 Å². The van der Waals surface area contributed by atoms with Gasteiger partial charge in [0.2, 0.25) is 10.0 Å². The highest BCUT2D eigenvalue weighted by molar-refractivity contribution is 7.89. The Morgan fingerprint density at radius 3 is 2.90 bits per heavy atom. The highest BCUT2D eigenvalue weighted by atomic mass is 32.2. The number of hydrogen-bond acceptors (Lipinski definition) is 2. The van der Waals surface area contributed by atoms with Gasteiger partial charge in [0.05, 0.1) is 5.75 Å². The van der Waals surface area contributed by atoms with E-state index in [1.807, 2.05) is 25.1 Å². The van der Waals surface area contributed by atoms with Crippen LogP contribution in [0.15, 0.2) is 24.3 Å². The molecule has 0 saturated heterocycles. The first-order valence-corrected chi connectivity index (χ1v) is 8.79. The summed E-state index contributed by atoms with van der Waals surface area (Å²) in [5.74, 6) is 0.265. The maximum atomic E-state index is 12.3. The average molecular weight is 292 g/mol. The molecular formula is C15H20N2O2S. The van der Waals surface area contributed by atoms with E-state index in [-0.39, 0.29) is 5.75 Å². The number of benzene rings is 1. The van der Waals surface area contributed by atoms with Crippen molar-refractivity contribution >= 4 is 20.9 Å². The molecule has 1 aromatic carbocycles. The molecule has 0 amide bonds. The minimum absolute atomic E-state index is 0.265. The first kappa shape index (κ1) is 13.6. The summed E-state index contributed by atoms with van der Waals surface area (Å²) < 4.78 is 26.3. The van der Waals surface area contributed by atoms with Crippen LogP contribution in [0, 0.1) is 0 Å². The fourth-order valence-electron chi connectivity index (χ4n) is 2.84. The van der Waals surface area contributed by atoms with E-state index in [1.54, 1.807) is 4.31 Å². The number of rotatable bonds is 4. The van der Waals surface area contributed by atoms with Crippen LogP contribution in [0.2, 0.25) is 0 Å². The quantitative estimate of drug-likeness (QED) is 0.942. The van der Waals surface area contributed by atoms with Crippen LogP contribution in [0.25, 0.3) is 10.9 Å². The Hall–Kier alpha value is -1.33. The molecular weight excluding hydrogens is 272 g/mol. The zero-order valence-electron chi connectivity index (χ0n) is 11.7. The number of hydrogen-bond donors (Lipinski definition) is 1. The van der Waals surface area contributed by atoms with Gasteiger partial charge in [-0.2, -0.15) is 4.31 Å². The maximum Gasteiger partial charge on any atom is 0.214 e. The third-order valence-corrected chi connectivity index (χ3v) is 5.90. The van der Waals surface area contributed by atoms with E-state index in [0.717, 1.165) is 35.7 Å². The molecule has 1 aliphatic rings. The lowest BCUT2D eigenvalue weighted by Crippen LogP contribution is -2.37. The van der Waals surface area contributed by atoms with Crippen molar-refractivity contribution in [2.45, 2.75) is 32.7 Å². The van der Waals surface area contributed by atoms with Gasteiger partial charge in [-0.25, -0.2) is 8.42 Å². The van der Waals surface area contributed by atoms with Crippen LogP contribution < -0.4 is 0 Å². The highest BCUT2D eigenvalue weighted by Crippen LogP contribution is 2.28. The van der Waals surface area contributed by atoms with Crippen molar-refractivity contribution in [2.75, 3.05) is 12.3 Å². The van der Waals surface area contributed by atoms with Crippen LogP contribution in [0.1, 0.15) is 31.0 Å². The van der Waals surface area contributed by atoms with Gasteiger partial charge in [0.25, 0.3) is 0 Å². The molecule has 0 unspecified atom stereocenters. The van der Waals surface area contributed by atoms with Gasteiger partial charge in [-0.1, -0.05) is 31.5 Å². The van der Waals surface area contributed by atoms with Gasteiger partial charge in [-0.3, -0.25) is 0 Å². The second kappa shape index (κ2) is 5.22. The fourth-order valence-corrected chi connectivity index (χ4v) is 4.44. The molecule has 0 aliphatic carbocycles. The molecule has 108 valence electrons. The van der Waals surface area contributed by atoms with E-state index in [2.05, 4.69) is 11.1 Å². The van der Waals surface area contributed by atoms with Crippen molar-refractivity contribution in [3.8, 4) is 0 Å². The lowest BCUT2D eigenvalue weighted by atomic mass is 10.1. The number of nitrogens with zero attached hydrogens (tertiary/aromatic N) is 1. The highest BCUT2D eigenvalue weighted by Gasteiger charge is 2.28. The van der Waals surface area contributed by atoms with Crippen LogP contribution in [0.5, 0.6) is 0 Å². The summed E-state index contributed by atoms with van der Waals surface area (Å²) >= 11 is 0. The number of sulfonamides is 1. The van der Waals surface area contributed by atoms with Gasteiger partial charge in [-0.15, -0.1) is 0 Å². The van der Waals surface area contributed by atoms with Crippen molar-refractivity contribution in [1.29, 1.82) is 0 Å². The molecule has 5 heteroatoms. The van der Waals surface area contributed by atoms with Gasteiger partial charge in [0.15, 0.2) is 0 Å². The second-order valence-electron chi connectivity index (χ2n) is 5.38. The van der Waals surface area contributed by atoms with Gasteiger partial charge in [0.1, 0.15) is 0 Å². The molecule has 0 saturated carbocycles. The Morgan fingerprint density at radius 2 is 2.10 bits per heavy atom. The lowest BCUT2D eigenvalue weighted by Gasteiger charge is -2.26. The number of unbranched alkanes of at least 4 members (excludes halogenated alkanes) is 1. The molecule has 0 radical (unpaired) electrons. The summed E-state index contributed by atoms with van der Waals surface area (Å²) in [6, 6.07) is 8.11. The van der Waals surface area contributed by atoms with E-state index in [9.17, 15) is 8.42 Å². The van der Waals surface area contributed by atoms with Gasteiger partial charge >= 0.3 is 0 Å². The van der Waals surface area contributed by atoms with E-state index in [4.69, 9.17) is 0 Å². The zero-order valence-corrected chi connectivity index (χ0v) is 12.5. The van der Waals surface area contributed by atoms with Crippen molar-refractivity contribution in [3.63, 3.8) is 0 Å². The van der Waals surface area contributed by atoms with Crippen LogP contribution in [-0.4, -0.2) is 30.0 Å². The number of aromatic amines is 1. The molecule has 0 spiro atoms. The predicted molar refractivity (Wildman–Crippen MR) is 81.1 cm³/mol. The molecule has 0 atom stereocenters. The molecule has 1 aliphatic heterocycles. The molecule has 20 heavy (non-hydrogen) atoms. The summed E-state index contributed by atoms with van der Waals surface area (Å²) in [6.45, 7) is 3.11. The normalized spacial score (nSPS) is 16.4. The van der Waals surface area contributed by atoms with E-state index < -0.39 is 10.0 Å². The molecule has 4 nitrogen and oxygen atoms in total. The standard InChI is InChI=1S/C15H20N2O2S/c1-2-3-10-20(18,19)17-9-8-15-13(11-17)12-6-4-5-7-14(12)16-15/h4-7,16H,2-3,8-11H2,1H3. The maximum absolute atomic E-state index is 12.3. The molecule has 0 fully saturated rings. The van der Waals surface area contributed by atoms with E-state index in [0.29, 0.717) is 13.1 Å². The van der Waals surface area contributed by atoms with E-state index >= 15 is 0 Å². The van der Waals surface area contributed by atoms with E-state index in [1.165, 1.54) is 5.69 Å². The number of H-pyrrole nitrogens is 1. The topological polar surface area (TPSA) is 53.2 Å². The van der Waals surface area contributed by atoms with Crippen molar-refractivity contribution in [1.82, 2.24) is 9.29 Å². The Balaban J connectivity index is 1.91. The molecule has 1 N–H and O–H groups in total. The van der Waals surface area contributed by atoms with Gasteiger partial charge in [0, 0.05) is 36.1 Å². The minimum atomic E-state index is -3.12. The number of nitrogens with one attached hydrogen (secondary N) is 1. The first-order chi connectivity index (χ1) is 9.62. The molecule has 2 heterocycles. The van der Waals surface area contributed by atoms with Crippen LogP contribution in [0.3, 0.4) is 0 Å². The average Bonchev–Trinajstić information content (AvgIpc) is 2.83. The number of fused-ring (bicyclic) bond motifs is 3. The van der Waals surface area contributed by atoms with Crippen molar-refractivity contribution in [3.05, 3.63) is 35.5 Å². The summed E-state index contributed by atoms with van der Waals surface area (Å²) in [5, 5.41) is 1.15. The molecule has 1 aromatic heterocycles. The zero-order chi connectivity index (χ0) is 14.2. The third-order valence-electron chi connectivity index (χ3n) is 4.00. The molecule has 3 rings (SSSR count). The number of aromatic nitrogens is 1. The second-order valence-corrected chi connectivity index (χ2v) is 7.47. The molecule has 0 bridgehead atoms. The fraction of sp³-hybridized carbons (Fsp3) is 0.467. The Kier molecular flexibility index (Phi) is 3.56. The minimum Gasteiger partial charge on any atom is -0.358 e. The largest absolute Gasteiger partial charge is 0.358 e. The Bertz CT molecular complexity index is 719. The van der Waals surface area contributed by atoms with Crippen LogP contribution in [0.4, 0.5) is 0 Å². The monoisotopic (exact) mass is 292 g/mol. The lowest BCUT2D eigenvalue weighted by molar-refractivity contribution is 0.390. The number of para-hydroxylation sites is 1. The third kappa shape index (κ3) is 2.36. The SMILES string of the molecule is CCCCS(=O)(=O)N1CCc2[nH]c3ccccc3c2C1. The summed E-state index contributed by atoms with van der Waals surface area (Å²) in [7, 11) is -3.12. The van der Waals surface area contributed by atoms with Crippen molar-refractivity contribution < 1.29 is 8.42 Å². The van der Waals surface area contributed by atoms with Crippen LogP contribution >= 0.6 is 0 Å². The predicted octanol–water partition coefficient (Wildman–Crippen LogP) is 2.66. The molecule has 2 aromatic rings. The summed E-state index contributed by atoms with van der Waals surface area (Å²) in [4.78, 5) is 3.41. The van der Waals surface area contributed by atoms with Crippen molar-refractivity contribution in [2.24, 2.45) is 0 Å². The smallest absolute Gasteiger partial charge is 0.214 e. The Labute approximate surface area is 119 Å². The summed E-state index contributed by atoms with van der Waals surface area (Å²) in [5.41, 5.74) is 3.44. The first-order valence-electron chi connectivity index (χ1n) is 7.18. The van der Waals surface area contributed by atoms with Crippen LogP contribution in [-0.2, 0) is 23.0 Å². The van der Waals surface area contributed by atoms with Gasteiger partial charge in [-0.05, 0) is 18.1 Å². The Morgan fingerprint density at radius 1 is 1.30 bits per heavy atom. The summed E-state index contributed by atoms with van der Waals surface area (Å²) in [6.07, 6.45) is 2.42.